The highest BCUT2D eigenvalue weighted by Crippen LogP contribution is 2.28. The lowest BCUT2D eigenvalue weighted by Crippen LogP contribution is -2.37. The molecular formula is C20H25N3O5S. The fourth-order valence-corrected chi connectivity index (χ4v) is 4.99. The number of likely N-dealkylation sites (tertiary alicyclic amines) is 1. The van der Waals surface area contributed by atoms with Crippen molar-refractivity contribution >= 4 is 15.7 Å². The summed E-state index contributed by atoms with van der Waals surface area (Å²) in [5.41, 5.74) is 0.914. The smallest absolute Gasteiger partial charge is 0.273 e. The van der Waals surface area contributed by atoms with Crippen LogP contribution in [0.15, 0.2) is 47.4 Å². The van der Waals surface area contributed by atoms with Crippen molar-refractivity contribution in [2.75, 3.05) is 26.7 Å². The Kier molecular flexibility index (Phi) is 6.51. The van der Waals surface area contributed by atoms with E-state index in [0.29, 0.717) is 0 Å². The predicted molar refractivity (Wildman–Crippen MR) is 110 cm³/mol. The van der Waals surface area contributed by atoms with Crippen LogP contribution in [-0.2, 0) is 10.0 Å². The van der Waals surface area contributed by atoms with Crippen LogP contribution in [0.4, 0.5) is 5.69 Å². The van der Waals surface area contributed by atoms with Crippen LogP contribution in [0.3, 0.4) is 0 Å². The molecule has 29 heavy (non-hydrogen) atoms. The molecule has 0 saturated carbocycles. The molecular weight excluding hydrogens is 394 g/mol. The van der Waals surface area contributed by atoms with Crippen molar-refractivity contribution in [3.63, 3.8) is 0 Å². The molecule has 3 rings (SSSR count). The fraction of sp³-hybridized carbons (Fsp3) is 0.400. The van der Waals surface area contributed by atoms with Crippen molar-refractivity contribution in [2.24, 2.45) is 0 Å². The zero-order valence-electron chi connectivity index (χ0n) is 16.5. The van der Waals surface area contributed by atoms with Crippen molar-refractivity contribution in [1.29, 1.82) is 0 Å². The third-order valence-electron chi connectivity index (χ3n) is 5.29. The number of nitrogens with one attached hydrogen (secondary N) is 1. The van der Waals surface area contributed by atoms with Crippen LogP contribution in [0.1, 0.15) is 30.0 Å². The quantitative estimate of drug-likeness (QED) is 0.521. The molecule has 1 saturated heterocycles. The highest BCUT2D eigenvalue weighted by Gasteiger charge is 2.27. The van der Waals surface area contributed by atoms with Gasteiger partial charge in [0, 0.05) is 24.2 Å². The van der Waals surface area contributed by atoms with E-state index < -0.39 is 14.9 Å². The summed E-state index contributed by atoms with van der Waals surface area (Å²) < 4.78 is 33.7. The lowest BCUT2D eigenvalue weighted by Gasteiger charge is -2.28. The normalized spacial score (nSPS) is 15.9. The van der Waals surface area contributed by atoms with Crippen LogP contribution in [0.25, 0.3) is 0 Å². The van der Waals surface area contributed by atoms with Crippen molar-refractivity contribution in [2.45, 2.75) is 30.7 Å². The van der Waals surface area contributed by atoms with Crippen molar-refractivity contribution < 1.29 is 18.1 Å². The molecule has 0 spiro atoms. The zero-order valence-corrected chi connectivity index (χ0v) is 17.3. The molecule has 0 radical (unpaired) electrons. The number of methoxy groups -OCH3 is 1. The monoisotopic (exact) mass is 419 g/mol. The van der Waals surface area contributed by atoms with Gasteiger partial charge in [-0.2, -0.15) is 0 Å². The molecule has 1 aliphatic heterocycles. The van der Waals surface area contributed by atoms with Gasteiger partial charge in [0.1, 0.15) is 5.75 Å². The Bertz CT molecular complexity index is 970. The molecule has 156 valence electrons. The molecule has 0 aromatic heterocycles. The minimum atomic E-state index is -3.90. The van der Waals surface area contributed by atoms with Gasteiger partial charge in [-0.1, -0.05) is 18.2 Å². The second kappa shape index (κ2) is 8.89. The third-order valence-corrected chi connectivity index (χ3v) is 6.86. The van der Waals surface area contributed by atoms with Gasteiger partial charge in [-0.05, 0) is 56.6 Å². The second-order valence-electron chi connectivity index (χ2n) is 7.04. The fourth-order valence-electron chi connectivity index (χ4n) is 3.70. The van der Waals surface area contributed by atoms with E-state index in [9.17, 15) is 18.5 Å². The summed E-state index contributed by atoms with van der Waals surface area (Å²) in [6, 6.07) is 11.6. The first kappa shape index (κ1) is 21.2. The van der Waals surface area contributed by atoms with E-state index >= 15 is 0 Å². The Labute approximate surface area is 170 Å². The number of nitro groups is 1. The van der Waals surface area contributed by atoms with Crippen LogP contribution in [0.5, 0.6) is 5.75 Å². The molecule has 0 aliphatic carbocycles. The van der Waals surface area contributed by atoms with E-state index in [1.807, 2.05) is 24.3 Å². The lowest BCUT2D eigenvalue weighted by atomic mass is 10.1. The van der Waals surface area contributed by atoms with Crippen molar-refractivity contribution in [3.8, 4) is 5.75 Å². The van der Waals surface area contributed by atoms with E-state index in [-0.39, 0.29) is 28.7 Å². The Morgan fingerprint density at radius 3 is 2.41 bits per heavy atom. The molecule has 1 fully saturated rings. The summed E-state index contributed by atoms with van der Waals surface area (Å²) in [5.74, 6) is 0.738. The molecule has 1 aliphatic rings. The molecule has 0 bridgehead atoms. The second-order valence-corrected chi connectivity index (χ2v) is 8.78. The Morgan fingerprint density at radius 2 is 1.83 bits per heavy atom. The van der Waals surface area contributed by atoms with Crippen LogP contribution in [-0.4, -0.2) is 45.0 Å². The first-order chi connectivity index (χ1) is 13.8. The van der Waals surface area contributed by atoms with Crippen molar-refractivity contribution in [3.05, 3.63) is 63.7 Å². The lowest BCUT2D eigenvalue weighted by molar-refractivity contribution is -0.385. The third kappa shape index (κ3) is 4.75. The number of hydrogen-bond donors (Lipinski definition) is 1. The Morgan fingerprint density at radius 1 is 1.17 bits per heavy atom. The summed E-state index contributed by atoms with van der Waals surface area (Å²) in [4.78, 5) is 12.8. The molecule has 2 aromatic carbocycles. The van der Waals surface area contributed by atoms with Crippen molar-refractivity contribution in [1.82, 2.24) is 9.62 Å². The van der Waals surface area contributed by atoms with Crippen LogP contribution in [0, 0.1) is 17.0 Å². The first-order valence-corrected chi connectivity index (χ1v) is 10.9. The maximum atomic E-state index is 12.9. The predicted octanol–water partition coefficient (Wildman–Crippen LogP) is 3.03. The number of benzene rings is 2. The molecule has 1 N–H and O–H groups in total. The van der Waals surface area contributed by atoms with Crippen LogP contribution < -0.4 is 9.46 Å². The number of sulfonamides is 1. The SMILES string of the molecule is COc1ccc([C@H](CNS(=O)(=O)c2cccc([N+](=O)[O-])c2C)N2CCCC2)cc1. The van der Waals surface area contributed by atoms with Gasteiger partial charge in [-0.25, -0.2) is 13.1 Å². The number of ether oxygens (including phenoxy) is 1. The maximum Gasteiger partial charge on any atom is 0.273 e. The average Bonchev–Trinajstić information content (AvgIpc) is 3.23. The zero-order chi connectivity index (χ0) is 21.0. The van der Waals surface area contributed by atoms with Gasteiger partial charge in [0.15, 0.2) is 0 Å². The number of hydrogen-bond acceptors (Lipinski definition) is 6. The van der Waals surface area contributed by atoms with Gasteiger partial charge in [0.2, 0.25) is 10.0 Å². The van der Waals surface area contributed by atoms with E-state index in [1.165, 1.54) is 25.1 Å². The summed E-state index contributed by atoms with van der Waals surface area (Å²) in [6.45, 7) is 3.42. The van der Waals surface area contributed by atoms with E-state index in [0.717, 1.165) is 37.2 Å². The topological polar surface area (TPSA) is 102 Å². The number of nitrogens with zero attached hydrogens (tertiary/aromatic N) is 2. The molecule has 2 aromatic rings. The first-order valence-electron chi connectivity index (χ1n) is 9.45. The van der Waals surface area contributed by atoms with Gasteiger partial charge < -0.3 is 4.74 Å². The molecule has 0 unspecified atom stereocenters. The van der Waals surface area contributed by atoms with Gasteiger partial charge >= 0.3 is 0 Å². The highest BCUT2D eigenvalue weighted by atomic mass is 32.2. The Hall–Kier alpha value is -2.49. The Balaban J connectivity index is 1.85. The summed E-state index contributed by atoms with van der Waals surface area (Å²) in [6.07, 6.45) is 2.15. The summed E-state index contributed by atoms with van der Waals surface area (Å²) in [5, 5.41) is 11.2. The number of nitro benzene ring substituents is 1. The molecule has 8 nitrogen and oxygen atoms in total. The molecule has 1 atom stereocenters. The standard InChI is InChI=1S/C20H25N3O5S/c1-15-18(23(24)25)6-5-7-20(15)29(26,27)21-14-19(22-12-3-4-13-22)16-8-10-17(28-2)11-9-16/h5-11,19,21H,3-4,12-14H2,1-2H3/t19-/m0/s1. The van der Waals surface area contributed by atoms with Gasteiger partial charge in [0.25, 0.3) is 5.69 Å². The van der Waals surface area contributed by atoms with E-state index in [4.69, 9.17) is 4.74 Å². The highest BCUT2D eigenvalue weighted by molar-refractivity contribution is 7.89. The minimum absolute atomic E-state index is 0.0680. The van der Waals surface area contributed by atoms with Gasteiger partial charge in [-0.15, -0.1) is 0 Å². The largest absolute Gasteiger partial charge is 0.497 e. The van der Waals surface area contributed by atoms with E-state index in [2.05, 4.69) is 9.62 Å². The van der Waals surface area contributed by atoms with E-state index in [1.54, 1.807) is 7.11 Å². The molecule has 1 heterocycles. The molecule has 9 heteroatoms. The summed E-state index contributed by atoms with van der Waals surface area (Å²) >= 11 is 0. The minimum Gasteiger partial charge on any atom is -0.497 e. The van der Waals surface area contributed by atoms with Gasteiger partial charge in [-0.3, -0.25) is 15.0 Å². The maximum absolute atomic E-state index is 12.9. The van der Waals surface area contributed by atoms with Gasteiger partial charge in [0.05, 0.1) is 16.9 Å². The van der Waals surface area contributed by atoms with Crippen LogP contribution >= 0.6 is 0 Å². The average molecular weight is 420 g/mol. The summed E-state index contributed by atoms with van der Waals surface area (Å²) in [7, 11) is -2.30. The molecule has 0 amide bonds. The van der Waals surface area contributed by atoms with Crippen LogP contribution in [0.2, 0.25) is 0 Å². The number of rotatable bonds is 8.